The van der Waals surface area contributed by atoms with Crippen molar-refractivity contribution in [2.24, 2.45) is 0 Å². The molecular weight excluding hydrogens is 428 g/mol. The van der Waals surface area contributed by atoms with Gasteiger partial charge in [0, 0.05) is 29.2 Å². The Bertz CT molecular complexity index is 1440. The van der Waals surface area contributed by atoms with Crippen LogP contribution < -0.4 is 14.8 Å². The average Bonchev–Trinajstić information content (AvgIpc) is 2.90. The highest BCUT2D eigenvalue weighted by molar-refractivity contribution is 6.04. The van der Waals surface area contributed by atoms with E-state index in [1.165, 1.54) is 0 Å². The lowest BCUT2D eigenvalue weighted by Crippen LogP contribution is -2.11. The van der Waals surface area contributed by atoms with Crippen LogP contribution in [0.3, 0.4) is 0 Å². The number of nitrogens with one attached hydrogen (secondary N) is 1. The van der Waals surface area contributed by atoms with Gasteiger partial charge in [-0.1, -0.05) is 12.1 Å². The first-order valence-corrected chi connectivity index (χ1v) is 10.6. The Hall–Kier alpha value is -4.78. The van der Waals surface area contributed by atoms with Crippen molar-refractivity contribution < 1.29 is 14.3 Å². The number of anilines is 1. The predicted molar refractivity (Wildman–Crippen MR) is 130 cm³/mol. The number of fused-ring (bicyclic) bond motifs is 1. The molecule has 0 atom stereocenters. The summed E-state index contributed by atoms with van der Waals surface area (Å²) >= 11 is 0. The average molecular weight is 448 g/mol. The van der Waals surface area contributed by atoms with Gasteiger partial charge in [-0.05, 0) is 72.8 Å². The molecule has 2 aromatic heterocycles. The minimum Gasteiger partial charge on any atom is -0.497 e. The number of benzene rings is 3. The van der Waals surface area contributed by atoms with Crippen LogP contribution in [0.2, 0.25) is 0 Å². The van der Waals surface area contributed by atoms with Crippen LogP contribution in [0.15, 0.2) is 97.3 Å². The molecule has 0 fully saturated rings. The summed E-state index contributed by atoms with van der Waals surface area (Å²) in [6.07, 6.45) is 3.40. The minimum atomic E-state index is -0.218. The molecule has 7 heteroatoms. The zero-order valence-electron chi connectivity index (χ0n) is 18.3. The first kappa shape index (κ1) is 21.1. The van der Waals surface area contributed by atoms with Crippen molar-refractivity contribution in [3.63, 3.8) is 0 Å². The fourth-order valence-corrected chi connectivity index (χ4v) is 3.42. The fourth-order valence-electron chi connectivity index (χ4n) is 3.42. The van der Waals surface area contributed by atoms with Crippen LogP contribution in [0.5, 0.6) is 17.4 Å². The minimum absolute atomic E-state index is 0.218. The van der Waals surface area contributed by atoms with Crippen LogP contribution in [-0.2, 0) is 0 Å². The van der Waals surface area contributed by atoms with Crippen molar-refractivity contribution in [3.8, 4) is 28.8 Å². The van der Waals surface area contributed by atoms with E-state index in [-0.39, 0.29) is 5.91 Å². The van der Waals surface area contributed by atoms with Gasteiger partial charge in [0.25, 0.3) is 5.91 Å². The van der Waals surface area contributed by atoms with Gasteiger partial charge in [0.2, 0.25) is 5.88 Å². The molecule has 0 saturated heterocycles. The summed E-state index contributed by atoms with van der Waals surface area (Å²) in [5, 5.41) is 3.66. The third kappa shape index (κ3) is 4.54. The molecule has 34 heavy (non-hydrogen) atoms. The van der Waals surface area contributed by atoms with Crippen LogP contribution in [0.1, 0.15) is 10.4 Å². The smallest absolute Gasteiger partial charge is 0.255 e. The second-order valence-corrected chi connectivity index (χ2v) is 7.41. The van der Waals surface area contributed by atoms with Gasteiger partial charge in [0.15, 0.2) is 5.82 Å². The molecule has 5 rings (SSSR count). The lowest BCUT2D eigenvalue weighted by atomic mass is 10.2. The molecule has 0 radical (unpaired) electrons. The highest BCUT2D eigenvalue weighted by Gasteiger charge is 2.12. The van der Waals surface area contributed by atoms with Crippen molar-refractivity contribution in [2.75, 3.05) is 12.4 Å². The van der Waals surface area contributed by atoms with Gasteiger partial charge in [-0.3, -0.25) is 9.78 Å². The van der Waals surface area contributed by atoms with E-state index in [0.29, 0.717) is 28.7 Å². The summed E-state index contributed by atoms with van der Waals surface area (Å²) in [4.78, 5) is 26.0. The molecule has 0 aliphatic heterocycles. The van der Waals surface area contributed by atoms with Crippen molar-refractivity contribution >= 4 is 22.5 Å². The first-order valence-electron chi connectivity index (χ1n) is 10.6. The van der Waals surface area contributed by atoms with Crippen LogP contribution in [0.25, 0.3) is 22.3 Å². The summed E-state index contributed by atoms with van der Waals surface area (Å²) in [5.74, 6) is 2.05. The van der Waals surface area contributed by atoms with Gasteiger partial charge < -0.3 is 14.8 Å². The molecule has 0 aliphatic carbocycles. The second kappa shape index (κ2) is 9.38. The molecule has 1 N–H and O–H groups in total. The molecule has 0 saturated carbocycles. The zero-order valence-corrected chi connectivity index (χ0v) is 18.3. The monoisotopic (exact) mass is 448 g/mol. The summed E-state index contributed by atoms with van der Waals surface area (Å²) in [6.45, 7) is 0. The molecule has 0 spiro atoms. The Morgan fingerprint density at radius 2 is 1.50 bits per heavy atom. The number of hydrogen-bond acceptors (Lipinski definition) is 6. The number of amides is 1. The van der Waals surface area contributed by atoms with E-state index in [9.17, 15) is 4.79 Å². The van der Waals surface area contributed by atoms with Gasteiger partial charge in [-0.15, -0.1) is 0 Å². The Balaban J connectivity index is 1.38. The molecule has 0 unspecified atom stereocenters. The third-order valence-electron chi connectivity index (χ3n) is 5.19. The number of carbonyl (C=O) groups is 1. The maximum absolute atomic E-state index is 12.6. The third-order valence-corrected chi connectivity index (χ3v) is 5.19. The van der Waals surface area contributed by atoms with Gasteiger partial charge in [-0.2, -0.15) is 4.98 Å². The second-order valence-electron chi connectivity index (χ2n) is 7.41. The SMILES string of the molecule is COc1ccc(NC(=O)c2ccc(Oc3nc(-c4ccncc4)nc4ccccc34)cc2)cc1. The largest absolute Gasteiger partial charge is 0.497 e. The normalized spacial score (nSPS) is 10.6. The van der Waals surface area contributed by atoms with Crippen molar-refractivity contribution in [3.05, 3.63) is 103 Å². The van der Waals surface area contributed by atoms with Gasteiger partial charge in [-0.25, -0.2) is 4.98 Å². The van der Waals surface area contributed by atoms with Gasteiger partial charge in [0.1, 0.15) is 11.5 Å². The number of carbonyl (C=O) groups excluding carboxylic acids is 1. The van der Waals surface area contributed by atoms with Crippen molar-refractivity contribution in [1.29, 1.82) is 0 Å². The molecule has 2 heterocycles. The van der Waals surface area contributed by atoms with Crippen molar-refractivity contribution in [1.82, 2.24) is 15.0 Å². The number of methoxy groups -OCH3 is 1. The number of nitrogens with zero attached hydrogens (tertiary/aromatic N) is 3. The highest BCUT2D eigenvalue weighted by atomic mass is 16.5. The Kier molecular flexibility index (Phi) is 5.82. The summed E-state index contributed by atoms with van der Waals surface area (Å²) in [7, 11) is 1.60. The van der Waals surface area contributed by atoms with E-state index in [4.69, 9.17) is 9.47 Å². The van der Waals surface area contributed by atoms with Crippen LogP contribution in [0, 0.1) is 0 Å². The standard InChI is InChI=1S/C27H20N4O3/c1-33-21-12-8-20(9-13-21)29-26(32)19-6-10-22(11-7-19)34-27-23-4-2-3-5-24(23)30-25(31-27)18-14-16-28-17-15-18/h2-17H,1H3,(H,29,32). The molecule has 0 bridgehead atoms. The predicted octanol–water partition coefficient (Wildman–Crippen LogP) is 5.75. The maximum Gasteiger partial charge on any atom is 0.255 e. The van der Waals surface area contributed by atoms with Gasteiger partial charge >= 0.3 is 0 Å². The Labute approximate surface area is 196 Å². The number of hydrogen-bond donors (Lipinski definition) is 1. The van der Waals surface area contributed by atoms with Crippen LogP contribution in [-0.4, -0.2) is 28.0 Å². The summed E-state index contributed by atoms with van der Waals surface area (Å²) in [6, 6.07) is 25.4. The Morgan fingerprint density at radius 3 is 2.24 bits per heavy atom. The molecule has 3 aromatic carbocycles. The maximum atomic E-state index is 12.6. The number of ether oxygens (including phenoxy) is 2. The topological polar surface area (TPSA) is 86.2 Å². The van der Waals surface area contributed by atoms with E-state index >= 15 is 0 Å². The molecule has 166 valence electrons. The molecule has 5 aromatic rings. The van der Waals surface area contributed by atoms with Crippen molar-refractivity contribution in [2.45, 2.75) is 0 Å². The fraction of sp³-hybridized carbons (Fsp3) is 0.0370. The lowest BCUT2D eigenvalue weighted by Gasteiger charge is -2.11. The number of rotatable bonds is 6. The number of aromatic nitrogens is 3. The molecule has 7 nitrogen and oxygen atoms in total. The van der Waals surface area contributed by atoms with E-state index in [0.717, 1.165) is 22.2 Å². The van der Waals surface area contributed by atoms with Gasteiger partial charge in [0.05, 0.1) is 18.0 Å². The molecule has 1 amide bonds. The van der Waals surface area contributed by atoms with Crippen LogP contribution in [0.4, 0.5) is 5.69 Å². The lowest BCUT2D eigenvalue weighted by molar-refractivity contribution is 0.102. The first-order chi connectivity index (χ1) is 16.7. The summed E-state index contributed by atoms with van der Waals surface area (Å²) < 4.78 is 11.3. The highest BCUT2D eigenvalue weighted by Crippen LogP contribution is 2.30. The van der Waals surface area contributed by atoms with E-state index < -0.39 is 0 Å². The number of para-hydroxylation sites is 1. The van der Waals surface area contributed by atoms with Crippen LogP contribution >= 0.6 is 0 Å². The van der Waals surface area contributed by atoms with E-state index in [1.54, 1.807) is 68.0 Å². The molecule has 0 aliphatic rings. The molecular formula is C27H20N4O3. The Morgan fingerprint density at radius 1 is 0.794 bits per heavy atom. The quantitative estimate of drug-likeness (QED) is 0.356. The van der Waals surface area contributed by atoms with E-state index in [1.807, 2.05) is 36.4 Å². The summed E-state index contributed by atoms with van der Waals surface area (Å²) in [5.41, 5.74) is 2.81. The number of pyridine rings is 1. The van der Waals surface area contributed by atoms with E-state index in [2.05, 4.69) is 20.3 Å². The zero-order chi connectivity index (χ0) is 23.3.